The number of phenolic OH excluding ortho intramolecular Hbond substituents is 1. The zero-order chi connectivity index (χ0) is 15.3. The van der Waals surface area contributed by atoms with Gasteiger partial charge in [0, 0.05) is 11.6 Å². The van der Waals surface area contributed by atoms with E-state index >= 15 is 0 Å². The molecule has 1 saturated heterocycles. The highest BCUT2D eigenvalue weighted by atomic mass is 16.5. The van der Waals surface area contributed by atoms with Crippen LogP contribution in [0.3, 0.4) is 0 Å². The van der Waals surface area contributed by atoms with E-state index in [9.17, 15) is 15.3 Å². The molecular formula is C17H21NO4. The molecule has 2 aliphatic carbocycles. The van der Waals surface area contributed by atoms with E-state index in [1.807, 2.05) is 6.07 Å². The van der Waals surface area contributed by atoms with Crippen LogP contribution in [0.25, 0.3) is 0 Å². The summed E-state index contributed by atoms with van der Waals surface area (Å²) in [6.07, 6.45) is 1.59. The van der Waals surface area contributed by atoms with Gasteiger partial charge in [0.1, 0.15) is 6.10 Å². The minimum Gasteiger partial charge on any atom is -0.504 e. The predicted molar refractivity (Wildman–Crippen MR) is 79.1 cm³/mol. The molecule has 1 saturated carbocycles. The lowest BCUT2D eigenvalue weighted by Crippen LogP contribution is -2.76. The van der Waals surface area contributed by atoms with Crippen molar-refractivity contribution in [1.82, 2.24) is 4.90 Å². The summed E-state index contributed by atoms with van der Waals surface area (Å²) in [6, 6.07) is 3.67. The summed E-state index contributed by atoms with van der Waals surface area (Å²) in [4.78, 5) is 2.24. The highest BCUT2D eigenvalue weighted by Gasteiger charge is 2.72. The Morgan fingerprint density at radius 2 is 2.14 bits per heavy atom. The maximum Gasteiger partial charge on any atom is 0.165 e. The predicted octanol–water partition coefficient (Wildman–Crippen LogP) is 0.537. The van der Waals surface area contributed by atoms with E-state index in [-0.39, 0.29) is 11.8 Å². The van der Waals surface area contributed by atoms with Crippen molar-refractivity contribution in [3.63, 3.8) is 0 Å². The van der Waals surface area contributed by atoms with Crippen LogP contribution in [-0.4, -0.2) is 57.7 Å². The lowest BCUT2D eigenvalue weighted by molar-refractivity contribution is -0.204. The molecular weight excluding hydrogens is 282 g/mol. The number of likely N-dealkylation sites (N-methyl/N-ethyl adjacent to an activating group) is 1. The quantitative estimate of drug-likeness (QED) is 0.652. The van der Waals surface area contributed by atoms with Gasteiger partial charge in [0.25, 0.3) is 0 Å². The van der Waals surface area contributed by atoms with Crippen LogP contribution >= 0.6 is 0 Å². The molecule has 5 nitrogen and oxygen atoms in total. The Morgan fingerprint density at radius 1 is 1.32 bits per heavy atom. The van der Waals surface area contributed by atoms with Crippen LogP contribution in [0.5, 0.6) is 11.5 Å². The largest absolute Gasteiger partial charge is 0.504 e. The average Bonchev–Trinajstić information content (AvgIpc) is 2.85. The molecule has 0 aromatic heterocycles. The van der Waals surface area contributed by atoms with Crippen molar-refractivity contribution in [2.75, 3.05) is 13.6 Å². The summed E-state index contributed by atoms with van der Waals surface area (Å²) < 4.78 is 6.04. The van der Waals surface area contributed by atoms with E-state index < -0.39 is 23.2 Å². The van der Waals surface area contributed by atoms with Crippen LogP contribution in [0.15, 0.2) is 12.1 Å². The van der Waals surface area contributed by atoms with Crippen LogP contribution in [-0.2, 0) is 11.8 Å². The fourth-order valence-corrected chi connectivity index (χ4v) is 5.73. The Bertz CT molecular complexity index is 677. The second kappa shape index (κ2) is 3.78. The second-order valence-electron chi connectivity index (χ2n) is 7.44. The minimum atomic E-state index is -0.893. The number of piperidine rings is 1. The van der Waals surface area contributed by atoms with Crippen LogP contribution in [0.4, 0.5) is 0 Å². The van der Waals surface area contributed by atoms with E-state index in [2.05, 4.69) is 11.9 Å². The molecule has 118 valence electrons. The topological polar surface area (TPSA) is 73.2 Å². The van der Waals surface area contributed by atoms with Crippen molar-refractivity contribution in [3.05, 3.63) is 23.3 Å². The molecule has 2 unspecified atom stereocenters. The fraction of sp³-hybridized carbons (Fsp3) is 0.647. The second-order valence-corrected chi connectivity index (χ2v) is 7.44. The molecule has 2 aliphatic heterocycles. The lowest BCUT2D eigenvalue weighted by atomic mass is 9.49. The monoisotopic (exact) mass is 303 g/mol. The summed E-state index contributed by atoms with van der Waals surface area (Å²) in [7, 11) is 2.07. The number of nitrogens with zero attached hydrogens (tertiary/aromatic N) is 1. The molecule has 22 heavy (non-hydrogen) atoms. The highest BCUT2D eigenvalue weighted by molar-refractivity contribution is 5.62. The van der Waals surface area contributed by atoms with E-state index in [1.54, 1.807) is 6.07 Å². The first-order valence-electron chi connectivity index (χ1n) is 8.12. The summed E-state index contributed by atoms with van der Waals surface area (Å²) in [6.45, 7) is 0.869. The first kappa shape index (κ1) is 13.2. The van der Waals surface area contributed by atoms with Gasteiger partial charge < -0.3 is 25.0 Å². The molecule has 3 N–H and O–H groups in total. The molecule has 2 heterocycles. The molecule has 2 fully saturated rings. The molecule has 5 atom stereocenters. The van der Waals surface area contributed by atoms with Gasteiger partial charge in [-0.3, -0.25) is 0 Å². The van der Waals surface area contributed by atoms with Crippen molar-refractivity contribution in [2.45, 2.75) is 54.9 Å². The van der Waals surface area contributed by atoms with Gasteiger partial charge in [-0.05, 0) is 50.9 Å². The van der Waals surface area contributed by atoms with Gasteiger partial charge in [0.2, 0.25) is 0 Å². The maximum absolute atomic E-state index is 11.7. The number of benzene rings is 1. The van der Waals surface area contributed by atoms with Gasteiger partial charge in [0.05, 0.1) is 17.1 Å². The first-order valence-corrected chi connectivity index (χ1v) is 8.12. The van der Waals surface area contributed by atoms with Crippen molar-refractivity contribution < 1.29 is 20.1 Å². The first-order chi connectivity index (χ1) is 10.5. The Kier molecular flexibility index (Phi) is 2.26. The number of hydrogen-bond donors (Lipinski definition) is 3. The number of aromatic hydroxyl groups is 1. The molecule has 0 radical (unpaired) electrons. The Morgan fingerprint density at radius 3 is 2.95 bits per heavy atom. The molecule has 0 amide bonds. The smallest absolute Gasteiger partial charge is 0.165 e. The Labute approximate surface area is 129 Å². The van der Waals surface area contributed by atoms with E-state index in [0.717, 1.165) is 30.5 Å². The number of ether oxygens (including phenoxy) is 1. The summed E-state index contributed by atoms with van der Waals surface area (Å²) >= 11 is 0. The van der Waals surface area contributed by atoms with Gasteiger partial charge in [0.15, 0.2) is 11.5 Å². The van der Waals surface area contributed by atoms with Crippen molar-refractivity contribution in [1.29, 1.82) is 0 Å². The number of aliphatic hydroxyl groups excluding tert-OH is 1. The van der Waals surface area contributed by atoms with Crippen LogP contribution in [0.1, 0.15) is 30.4 Å². The third kappa shape index (κ3) is 1.17. The molecule has 1 spiro atoms. The average molecular weight is 303 g/mol. The summed E-state index contributed by atoms with van der Waals surface area (Å²) in [5, 5.41) is 32.4. The molecule has 5 heteroatoms. The van der Waals surface area contributed by atoms with E-state index in [1.165, 1.54) is 0 Å². The van der Waals surface area contributed by atoms with Crippen LogP contribution in [0.2, 0.25) is 0 Å². The summed E-state index contributed by atoms with van der Waals surface area (Å²) in [5.41, 5.74) is 0.633. The molecule has 1 aromatic carbocycles. The van der Waals surface area contributed by atoms with Crippen molar-refractivity contribution in [2.24, 2.45) is 0 Å². The number of rotatable bonds is 0. The van der Waals surface area contributed by atoms with Crippen molar-refractivity contribution in [3.8, 4) is 11.5 Å². The molecule has 2 bridgehead atoms. The van der Waals surface area contributed by atoms with Gasteiger partial charge in [-0.25, -0.2) is 0 Å². The molecule has 4 aliphatic rings. The lowest BCUT2D eigenvalue weighted by Gasteiger charge is -2.63. The number of phenols is 1. The van der Waals surface area contributed by atoms with E-state index in [4.69, 9.17) is 4.74 Å². The number of likely N-dealkylation sites (tertiary alicyclic amines) is 1. The third-order valence-electron chi connectivity index (χ3n) is 6.70. The maximum atomic E-state index is 11.7. The van der Waals surface area contributed by atoms with Crippen LogP contribution < -0.4 is 4.74 Å². The Hall–Kier alpha value is -1.30. The number of aliphatic hydroxyl groups is 2. The van der Waals surface area contributed by atoms with Gasteiger partial charge in [-0.2, -0.15) is 0 Å². The standard InChI is InChI=1S/C17H21NO4/c1-18-7-6-16-13-9-2-3-10(19)14(13)22-15(16)11(20)4-5-17(16,21)12(18)8-9/h2-3,11-12,15,19-21H,4-8H2,1H3/t11?,12-,15?,16+,17-/m0/s1. The zero-order valence-electron chi connectivity index (χ0n) is 12.6. The van der Waals surface area contributed by atoms with Crippen LogP contribution in [0, 0.1) is 0 Å². The Balaban J connectivity index is 1.86. The SMILES string of the molecule is CN1CC[C@@]23c4c5ccc(O)c4OC2C(O)CC[C@]3(O)[C@@H]1C5. The molecule has 5 rings (SSSR count). The van der Waals surface area contributed by atoms with Gasteiger partial charge in [-0.15, -0.1) is 0 Å². The minimum absolute atomic E-state index is 0.0443. The summed E-state index contributed by atoms with van der Waals surface area (Å²) in [5.74, 6) is 0.610. The number of hydrogen-bond acceptors (Lipinski definition) is 5. The van der Waals surface area contributed by atoms with Gasteiger partial charge >= 0.3 is 0 Å². The fourth-order valence-electron chi connectivity index (χ4n) is 5.73. The third-order valence-corrected chi connectivity index (χ3v) is 6.70. The molecule has 1 aromatic rings. The highest BCUT2D eigenvalue weighted by Crippen LogP contribution is 2.65. The normalized spacial score (nSPS) is 45.3. The van der Waals surface area contributed by atoms with Gasteiger partial charge in [-0.1, -0.05) is 6.07 Å². The van der Waals surface area contributed by atoms with E-state index in [0.29, 0.717) is 18.6 Å². The van der Waals surface area contributed by atoms with Crippen molar-refractivity contribution >= 4 is 0 Å². The zero-order valence-corrected chi connectivity index (χ0v) is 12.6.